The maximum atomic E-state index is 11.7. The molecule has 0 saturated carbocycles. The molecule has 128 valence electrons. The number of aryl methyl sites for hydroxylation is 2. The molecule has 1 aliphatic rings. The molecule has 2 aromatic rings. The van der Waals surface area contributed by atoms with Crippen molar-refractivity contribution in [2.75, 3.05) is 14.1 Å². The van der Waals surface area contributed by atoms with Crippen LogP contribution in [0.5, 0.6) is 0 Å². The third kappa shape index (κ3) is 3.67. The second-order valence-electron chi connectivity index (χ2n) is 6.80. The zero-order chi connectivity index (χ0) is 17.1. The molecule has 3 rings (SSSR count). The lowest BCUT2D eigenvalue weighted by Crippen LogP contribution is -2.22. The predicted octanol–water partition coefficient (Wildman–Crippen LogP) is 2.75. The summed E-state index contributed by atoms with van der Waals surface area (Å²) in [5.74, 6) is 0.117. The van der Waals surface area contributed by atoms with Gasteiger partial charge in [-0.25, -0.2) is 0 Å². The lowest BCUT2D eigenvalue weighted by atomic mass is 9.96. The molecular formula is C19H26N4O. The number of benzene rings is 1. The Morgan fingerprint density at radius 1 is 1.33 bits per heavy atom. The standard InChI is InChI=1S/C19H26N4O/c1-22(2)19(24)9-10-23-13-16(12-21-23)14-7-8-17-15(11-14)5-3-4-6-18(17)20/h7-8,11-13,18H,3-6,9-10,20H2,1-2H3. The number of rotatable bonds is 4. The van der Waals surface area contributed by atoms with Crippen LogP contribution in [0.4, 0.5) is 0 Å². The molecule has 1 aromatic carbocycles. The zero-order valence-electron chi connectivity index (χ0n) is 14.5. The van der Waals surface area contributed by atoms with Gasteiger partial charge in [-0.2, -0.15) is 5.10 Å². The van der Waals surface area contributed by atoms with Crippen LogP contribution in [0.25, 0.3) is 11.1 Å². The van der Waals surface area contributed by atoms with Crippen molar-refractivity contribution in [2.24, 2.45) is 5.73 Å². The van der Waals surface area contributed by atoms with Gasteiger partial charge in [-0.1, -0.05) is 24.6 Å². The Kier molecular flexibility index (Phi) is 5.00. The Hall–Kier alpha value is -2.14. The first-order valence-electron chi connectivity index (χ1n) is 8.66. The molecule has 1 amide bonds. The van der Waals surface area contributed by atoms with E-state index in [0.29, 0.717) is 13.0 Å². The summed E-state index contributed by atoms with van der Waals surface area (Å²) >= 11 is 0. The van der Waals surface area contributed by atoms with E-state index < -0.39 is 0 Å². The fourth-order valence-electron chi connectivity index (χ4n) is 3.27. The van der Waals surface area contributed by atoms with Crippen molar-refractivity contribution in [1.82, 2.24) is 14.7 Å². The van der Waals surface area contributed by atoms with Gasteiger partial charge in [0.2, 0.25) is 5.91 Å². The molecule has 24 heavy (non-hydrogen) atoms. The minimum atomic E-state index is 0.117. The average Bonchev–Trinajstić information content (AvgIpc) is 2.97. The molecule has 0 bridgehead atoms. The second-order valence-corrected chi connectivity index (χ2v) is 6.80. The second kappa shape index (κ2) is 7.18. The summed E-state index contributed by atoms with van der Waals surface area (Å²) in [4.78, 5) is 13.3. The Morgan fingerprint density at radius 3 is 2.96 bits per heavy atom. The number of nitrogens with two attached hydrogens (primary N) is 1. The van der Waals surface area contributed by atoms with Gasteiger partial charge < -0.3 is 10.6 Å². The third-order valence-corrected chi connectivity index (χ3v) is 4.77. The van der Waals surface area contributed by atoms with Crippen molar-refractivity contribution in [1.29, 1.82) is 0 Å². The number of nitrogens with zero attached hydrogens (tertiary/aromatic N) is 3. The van der Waals surface area contributed by atoms with Gasteiger partial charge in [0, 0.05) is 44.9 Å². The van der Waals surface area contributed by atoms with Gasteiger partial charge in [-0.15, -0.1) is 0 Å². The van der Waals surface area contributed by atoms with Crippen molar-refractivity contribution < 1.29 is 4.79 Å². The number of carbonyl (C=O) groups is 1. The first-order chi connectivity index (χ1) is 11.5. The summed E-state index contributed by atoms with van der Waals surface area (Å²) in [6, 6.07) is 6.73. The molecule has 0 radical (unpaired) electrons. The van der Waals surface area contributed by atoms with Crippen LogP contribution in [-0.4, -0.2) is 34.7 Å². The molecular weight excluding hydrogens is 300 g/mol. The Balaban J connectivity index is 1.75. The van der Waals surface area contributed by atoms with E-state index in [1.54, 1.807) is 19.0 Å². The Morgan fingerprint density at radius 2 is 2.17 bits per heavy atom. The fraction of sp³-hybridized carbons (Fsp3) is 0.474. The SMILES string of the molecule is CN(C)C(=O)CCn1cc(-c2ccc3c(c2)CCCCC3N)cn1. The van der Waals surface area contributed by atoms with Crippen molar-refractivity contribution in [3.8, 4) is 11.1 Å². The van der Waals surface area contributed by atoms with Crippen LogP contribution in [0.1, 0.15) is 42.9 Å². The van der Waals surface area contributed by atoms with Crippen LogP contribution < -0.4 is 5.73 Å². The predicted molar refractivity (Wildman–Crippen MR) is 95.5 cm³/mol. The van der Waals surface area contributed by atoms with Gasteiger partial charge in [0.1, 0.15) is 0 Å². The molecule has 5 heteroatoms. The molecule has 5 nitrogen and oxygen atoms in total. The van der Waals surface area contributed by atoms with E-state index in [1.165, 1.54) is 29.5 Å². The van der Waals surface area contributed by atoms with Gasteiger partial charge in [0.15, 0.2) is 0 Å². The lowest BCUT2D eigenvalue weighted by molar-refractivity contribution is -0.128. The highest BCUT2D eigenvalue weighted by atomic mass is 16.2. The number of amides is 1. The third-order valence-electron chi connectivity index (χ3n) is 4.77. The van der Waals surface area contributed by atoms with E-state index in [1.807, 2.05) is 17.1 Å². The number of aromatic nitrogens is 2. The highest BCUT2D eigenvalue weighted by Crippen LogP contribution is 2.30. The Bertz CT molecular complexity index is 720. The van der Waals surface area contributed by atoms with Gasteiger partial charge in [-0.05, 0) is 36.0 Å². The number of hydrogen-bond acceptors (Lipinski definition) is 3. The highest BCUT2D eigenvalue weighted by molar-refractivity contribution is 5.75. The summed E-state index contributed by atoms with van der Waals surface area (Å²) in [6.45, 7) is 0.604. The molecule has 1 aromatic heterocycles. The van der Waals surface area contributed by atoms with Gasteiger partial charge >= 0.3 is 0 Å². The van der Waals surface area contributed by atoms with Crippen LogP contribution in [-0.2, 0) is 17.8 Å². The molecule has 2 N–H and O–H groups in total. The minimum absolute atomic E-state index is 0.117. The average molecular weight is 326 g/mol. The number of fused-ring (bicyclic) bond motifs is 1. The van der Waals surface area contributed by atoms with E-state index >= 15 is 0 Å². The van der Waals surface area contributed by atoms with Crippen LogP contribution >= 0.6 is 0 Å². The maximum absolute atomic E-state index is 11.7. The maximum Gasteiger partial charge on any atom is 0.223 e. The molecule has 0 saturated heterocycles. The van der Waals surface area contributed by atoms with Crippen LogP contribution in [0.15, 0.2) is 30.6 Å². The van der Waals surface area contributed by atoms with Gasteiger partial charge in [0.05, 0.1) is 6.20 Å². The van der Waals surface area contributed by atoms with E-state index in [0.717, 1.165) is 18.4 Å². The molecule has 1 heterocycles. The fourth-order valence-corrected chi connectivity index (χ4v) is 3.27. The summed E-state index contributed by atoms with van der Waals surface area (Å²) in [5.41, 5.74) is 11.2. The minimum Gasteiger partial charge on any atom is -0.349 e. The smallest absolute Gasteiger partial charge is 0.223 e. The van der Waals surface area contributed by atoms with E-state index in [2.05, 4.69) is 23.3 Å². The Labute approximate surface area is 143 Å². The van der Waals surface area contributed by atoms with Crippen LogP contribution in [0.3, 0.4) is 0 Å². The number of carbonyl (C=O) groups excluding carboxylic acids is 1. The molecule has 0 spiro atoms. The summed E-state index contributed by atoms with van der Waals surface area (Å²) in [6.07, 6.45) is 8.93. The van der Waals surface area contributed by atoms with Crippen LogP contribution in [0, 0.1) is 0 Å². The van der Waals surface area contributed by atoms with E-state index in [-0.39, 0.29) is 11.9 Å². The van der Waals surface area contributed by atoms with E-state index in [4.69, 9.17) is 5.73 Å². The largest absolute Gasteiger partial charge is 0.349 e. The molecule has 0 aliphatic heterocycles. The number of hydrogen-bond donors (Lipinski definition) is 1. The van der Waals surface area contributed by atoms with Crippen LogP contribution in [0.2, 0.25) is 0 Å². The molecule has 0 fully saturated rings. The van der Waals surface area contributed by atoms with Gasteiger partial charge in [-0.3, -0.25) is 9.48 Å². The zero-order valence-corrected chi connectivity index (χ0v) is 14.5. The highest BCUT2D eigenvalue weighted by Gasteiger charge is 2.16. The quantitative estimate of drug-likeness (QED) is 0.879. The lowest BCUT2D eigenvalue weighted by Gasteiger charge is -2.13. The monoisotopic (exact) mass is 326 g/mol. The summed E-state index contributed by atoms with van der Waals surface area (Å²) in [5, 5.41) is 4.39. The van der Waals surface area contributed by atoms with E-state index in [9.17, 15) is 4.79 Å². The van der Waals surface area contributed by atoms with Crippen molar-refractivity contribution >= 4 is 5.91 Å². The first-order valence-corrected chi connectivity index (χ1v) is 8.66. The molecule has 1 aliphatic carbocycles. The summed E-state index contributed by atoms with van der Waals surface area (Å²) in [7, 11) is 3.55. The summed E-state index contributed by atoms with van der Waals surface area (Å²) < 4.78 is 1.84. The normalized spacial score (nSPS) is 17.2. The van der Waals surface area contributed by atoms with Gasteiger partial charge in [0.25, 0.3) is 0 Å². The van der Waals surface area contributed by atoms with Crippen molar-refractivity contribution in [2.45, 2.75) is 44.7 Å². The topological polar surface area (TPSA) is 64.2 Å². The first kappa shape index (κ1) is 16.7. The van der Waals surface area contributed by atoms with Crippen molar-refractivity contribution in [3.63, 3.8) is 0 Å². The molecule has 1 atom stereocenters. The van der Waals surface area contributed by atoms with Crippen molar-refractivity contribution in [3.05, 3.63) is 41.7 Å². The molecule has 1 unspecified atom stereocenters.